The van der Waals surface area contributed by atoms with E-state index in [1.54, 1.807) is 30.6 Å². The van der Waals surface area contributed by atoms with Gasteiger partial charge in [0.1, 0.15) is 5.75 Å². The summed E-state index contributed by atoms with van der Waals surface area (Å²) >= 11 is 0.987. The molecule has 2 heterocycles. The lowest BCUT2D eigenvalue weighted by Crippen LogP contribution is -1.81. The van der Waals surface area contributed by atoms with E-state index in [0.29, 0.717) is 10.8 Å². The molecule has 0 aliphatic carbocycles. The molecule has 0 aliphatic rings. The summed E-state index contributed by atoms with van der Waals surface area (Å²) in [7, 11) is 0. The summed E-state index contributed by atoms with van der Waals surface area (Å²) in [5.74, 6) is 0.564. The zero-order valence-electron chi connectivity index (χ0n) is 7.49. The van der Waals surface area contributed by atoms with Crippen LogP contribution in [0.3, 0.4) is 0 Å². The monoisotopic (exact) mass is 222 g/mol. The van der Waals surface area contributed by atoms with Gasteiger partial charge in [-0.25, -0.2) is 0 Å². The van der Waals surface area contributed by atoms with Gasteiger partial charge in [-0.1, -0.05) is 0 Å². The summed E-state index contributed by atoms with van der Waals surface area (Å²) in [4.78, 5) is 13.8. The first-order chi connectivity index (χ1) is 7.25. The molecule has 15 heavy (non-hydrogen) atoms. The second kappa shape index (κ2) is 4.05. The Morgan fingerprint density at radius 3 is 2.87 bits per heavy atom. The van der Waals surface area contributed by atoms with Crippen LogP contribution >= 0.6 is 11.3 Å². The first kappa shape index (κ1) is 9.60. The third-order valence-corrected chi connectivity index (χ3v) is 2.51. The van der Waals surface area contributed by atoms with Crippen molar-refractivity contribution in [1.82, 2.24) is 4.98 Å². The van der Waals surface area contributed by atoms with E-state index in [-0.39, 0.29) is 5.00 Å². The predicted octanol–water partition coefficient (Wildman–Crippen LogP) is 2.84. The molecule has 0 amide bonds. The highest BCUT2D eigenvalue weighted by molar-refractivity contribution is 7.17. The Morgan fingerprint density at radius 2 is 2.27 bits per heavy atom. The van der Waals surface area contributed by atoms with Crippen molar-refractivity contribution in [3.63, 3.8) is 0 Å². The molecule has 0 atom stereocenters. The molecule has 0 saturated carbocycles. The van der Waals surface area contributed by atoms with Gasteiger partial charge in [-0.15, -0.1) is 0 Å². The highest BCUT2D eigenvalue weighted by atomic mass is 32.1. The number of hydrogen-bond donors (Lipinski definition) is 0. The van der Waals surface area contributed by atoms with E-state index in [4.69, 9.17) is 4.74 Å². The van der Waals surface area contributed by atoms with Crippen molar-refractivity contribution in [1.29, 1.82) is 0 Å². The first-order valence-electron chi connectivity index (χ1n) is 4.08. The van der Waals surface area contributed by atoms with E-state index in [9.17, 15) is 10.1 Å². The Labute approximate surface area is 89.1 Å². The van der Waals surface area contributed by atoms with Gasteiger partial charge in [0.2, 0.25) is 0 Å². The van der Waals surface area contributed by atoms with E-state index in [2.05, 4.69) is 4.98 Å². The molecule has 6 heteroatoms. The van der Waals surface area contributed by atoms with Crippen LogP contribution in [0.2, 0.25) is 0 Å². The van der Waals surface area contributed by atoms with Crippen molar-refractivity contribution in [3.05, 3.63) is 46.8 Å². The Kier molecular flexibility index (Phi) is 2.59. The SMILES string of the molecule is O=[N+]([O-])c1ccc(Oc2cccnc2)s1. The molecular weight excluding hydrogens is 216 g/mol. The lowest BCUT2D eigenvalue weighted by Gasteiger charge is -1.99. The number of ether oxygens (including phenoxy) is 1. The fraction of sp³-hybridized carbons (Fsp3) is 0. The number of nitrogens with zero attached hydrogens (tertiary/aromatic N) is 2. The molecule has 0 spiro atoms. The van der Waals surface area contributed by atoms with E-state index in [1.165, 1.54) is 6.07 Å². The molecule has 0 fully saturated rings. The molecular formula is C9H6N2O3S. The van der Waals surface area contributed by atoms with Crippen LogP contribution in [-0.2, 0) is 0 Å². The molecule has 2 aromatic rings. The van der Waals surface area contributed by atoms with E-state index in [0.717, 1.165) is 11.3 Å². The maximum Gasteiger partial charge on any atom is 0.327 e. The number of aromatic nitrogens is 1. The zero-order valence-corrected chi connectivity index (χ0v) is 8.31. The lowest BCUT2D eigenvalue weighted by molar-refractivity contribution is -0.380. The molecule has 2 aromatic heterocycles. The number of hydrogen-bond acceptors (Lipinski definition) is 5. The van der Waals surface area contributed by atoms with Crippen molar-refractivity contribution >= 4 is 16.3 Å². The molecule has 0 aliphatic heterocycles. The topological polar surface area (TPSA) is 65.3 Å². The molecule has 0 N–H and O–H groups in total. The van der Waals surface area contributed by atoms with Crippen molar-refractivity contribution in [2.24, 2.45) is 0 Å². The van der Waals surface area contributed by atoms with Gasteiger partial charge in [0.05, 0.1) is 11.1 Å². The molecule has 5 nitrogen and oxygen atoms in total. The number of nitro groups is 1. The number of thiophene rings is 1. The van der Waals surface area contributed by atoms with Crippen LogP contribution in [0.25, 0.3) is 0 Å². The zero-order chi connectivity index (χ0) is 10.7. The Balaban J connectivity index is 2.15. The van der Waals surface area contributed by atoms with Gasteiger partial charge >= 0.3 is 5.00 Å². The highest BCUT2D eigenvalue weighted by Gasteiger charge is 2.10. The molecule has 0 unspecified atom stereocenters. The second-order valence-electron chi connectivity index (χ2n) is 2.64. The number of pyridine rings is 1. The Hall–Kier alpha value is -1.95. The summed E-state index contributed by atoms with van der Waals surface area (Å²) in [6.07, 6.45) is 3.18. The van der Waals surface area contributed by atoms with Crippen LogP contribution in [0.15, 0.2) is 36.7 Å². The summed E-state index contributed by atoms with van der Waals surface area (Å²) in [5.41, 5.74) is 0. The minimum absolute atomic E-state index is 0.0638. The summed E-state index contributed by atoms with van der Waals surface area (Å²) < 4.78 is 5.36. The van der Waals surface area contributed by atoms with Crippen molar-refractivity contribution in [3.8, 4) is 10.8 Å². The lowest BCUT2D eigenvalue weighted by atomic mass is 10.5. The predicted molar refractivity (Wildman–Crippen MR) is 55.3 cm³/mol. The van der Waals surface area contributed by atoms with Gasteiger partial charge in [-0.05, 0) is 29.5 Å². The summed E-state index contributed by atoms with van der Waals surface area (Å²) in [5, 5.41) is 11.0. The third-order valence-electron chi connectivity index (χ3n) is 1.60. The largest absolute Gasteiger partial charge is 0.445 e. The maximum atomic E-state index is 10.4. The van der Waals surface area contributed by atoms with Gasteiger partial charge in [0, 0.05) is 12.3 Å². The van der Waals surface area contributed by atoms with Crippen LogP contribution in [-0.4, -0.2) is 9.91 Å². The third kappa shape index (κ3) is 2.29. The smallest absolute Gasteiger partial charge is 0.327 e. The molecule has 0 radical (unpaired) electrons. The Morgan fingerprint density at radius 1 is 1.40 bits per heavy atom. The fourth-order valence-electron chi connectivity index (χ4n) is 0.987. The standard InChI is InChI=1S/C9H6N2O3S/c12-11(13)8-3-4-9(15-8)14-7-2-1-5-10-6-7/h1-6H. The van der Waals surface area contributed by atoms with Crippen molar-refractivity contribution in [2.45, 2.75) is 0 Å². The average molecular weight is 222 g/mol. The van der Waals surface area contributed by atoms with Crippen LogP contribution in [0.1, 0.15) is 0 Å². The van der Waals surface area contributed by atoms with Gasteiger partial charge in [-0.2, -0.15) is 0 Å². The number of rotatable bonds is 3. The second-order valence-corrected chi connectivity index (χ2v) is 3.67. The van der Waals surface area contributed by atoms with Crippen LogP contribution < -0.4 is 4.74 Å². The van der Waals surface area contributed by atoms with E-state index >= 15 is 0 Å². The quantitative estimate of drug-likeness (QED) is 0.591. The molecule has 76 valence electrons. The highest BCUT2D eigenvalue weighted by Crippen LogP contribution is 2.33. The van der Waals surface area contributed by atoms with Crippen molar-refractivity contribution in [2.75, 3.05) is 0 Å². The Bertz CT molecular complexity index is 469. The summed E-state index contributed by atoms with van der Waals surface area (Å²) in [6, 6.07) is 6.45. The molecule has 2 rings (SSSR count). The normalized spacial score (nSPS) is 9.87. The van der Waals surface area contributed by atoms with Crippen LogP contribution in [0.4, 0.5) is 5.00 Å². The average Bonchev–Trinajstić information content (AvgIpc) is 2.68. The van der Waals surface area contributed by atoms with E-state index < -0.39 is 4.92 Å². The van der Waals surface area contributed by atoms with Crippen LogP contribution in [0.5, 0.6) is 10.8 Å². The fourth-order valence-corrected chi connectivity index (χ4v) is 1.68. The van der Waals surface area contributed by atoms with Gasteiger partial charge in [0.25, 0.3) is 0 Å². The van der Waals surface area contributed by atoms with Crippen LogP contribution in [0, 0.1) is 10.1 Å². The first-order valence-corrected chi connectivity index (χ1v) is 4.89. The minimum atomic E-state index is -0.444. The van der Waals surface area contributed by atoms with Gasteiger partial charge in [-0.3, -0.25) is 15.1 Å². The van der Waals surface area contributed by atoms with Gasteiger partial charge in [0.15, 0.2) is 5.06 Å². The molecule has 0 saturated heterocycles. The van der Waals surface area contributed by atoms with Gasteiger partial charge < -0.3 is 4.74 Å². The van der Waals surface area contributed by atoms with E-state index in [1.807, 2.05) is 0 Å². The molecule has 0 bridgehead atoms. The summed E-state index contributed by atoms with van der Waals surface area (Å²) in [6.45, 7) is 0. The minimum Gasteiger partial charge on any atom is -0.445 e. The molecule has 0 aromatic carbocycles. The maximum absolute atomic E-state index is 10.4. The van der Waals surface area contributed by atoms with Crippen molar-refractivity contribution < 1.29 is 9.66 Å².